The first-order valence-corrected chi connectivity index (χ1v) is 5.74. The Hall–Kier alpha value is -2.10. The summed E-state index contributed by atoms with van der Waals surface area (Å²) < 4.78 is 0. The van der Waals surface area contributed by atoms with E-state index in [1.165, 1.54) is 6.08 Å². The first-order valence-electron chi connectivity index (χ1n) is 5.74. The molecule has 1 rings (SSSR count). The SMILES string of the molecule is Cc1cccc(/C=C\C(=O)NC[C@H](C)C(=O)O)c1. The minimum atomic E-state index is -0.919. The Morgan fingerprint density at radius 1 is 1.44 bits per heavy atom. The summed E-state index contributed by atoms with van der Waals surface area (Å²) in [5.41, 5.74) is 2.06. The van der Waals surface area contributed by atoms with Crippen LogP contribution in [0.15, 0.2) is 30.3 Å². The zero-order chi connectivity index (χ0) is 13.5. The number of aliphatic carboxylic acids is 1. The number of carboxylic acids is 1. The van der Waals surface area contributed by atoms with Crippen molar-refractivity contribution in [2.45, 2.75) is 13.8 Å². The number of hydrogen-bond acceptors (Lipinski definition) is 2. The molecule has 0 aromatic heterocycles. The summed E-state index contributed by atoms with van der Waals surface area (Å²) in [7, 11) is 0. The molecule has 0 unspecified atom stereocenters. The molecule has 1 atom stereocenters. The second-order valence-corrected chi connectivity index (χ2v) is 4.23. The van der Waals surface area contributed by atoms with E-state index in [0.717, 1.165) is 11.1 Å². The van der Waals surface area contributed by atoms with Crippen LogP contribution < -0.4 is 5.32 Å². The maximum atomic E-state index is 11.4. The topological polar surface area (TPSA) is 66.4 Å². The number of carbonyl (C=O) groups excluding carboxylic acids is 1. The number of carbonyl (C=O) groups is 2. The van der Waals surface area contributed by atoms with Gasteiger partial charge in [0.25, 0.3) is 0 Å². The van der Waals surface area contributed by atoms with Crippen LogP contribution in [0.25, 0.3) is 6.08 Å². The van der Waals surface area contributed by atoms with Crippen LogP contribution in [0.2, 0.25) is 0 Å². The van der Waals surface area contributed by atoms with E-state index in [2.05, 4.69) is 5.32 Å². The summed E-state index contributed by atoms with van der Waals surface area (Å²) in [6, 6.07) is 7.76. The molecule has 2 N–H and O–H groups in total. The highest BCUT2D eigenvalue weighted by Crippen LogP contribution is 2.05. The molecule has 4 nitrogen and oxygen atoms in total. The van der Waals surface area contributed by atoms with E-state index >= 15 is 0 Å². The molecule has 0 aliphatic heterocycles. The van der Waals surface area contributed by atoms with Crippen molar-refractivity contribution in [2.75, 3.05) is 6.54 Å². The number of benzene rings is 1. The molecule has 0 saturated heterocycles. The Morgan fingerprint density at radius 2 is 2.17 bits per heavy atom. The number of amides is 1. The zero-order valence-corrected chi connectivity index (χ0v) is 10.5. The predicted octanol–water partition coefficient (Wildman–Crippen LogP) is 1.85. The fourth-order valence-corrected chi connectivity index (χ4v) is 1.35. The first kappa shape index (κ1) is 14.0. The Kier molecular flexibility index (Phi) is 5.11. The molecular formula is C14H17NO3. The lowest BCUT2D eigenvalue weighted by Crippen LogP contribution is -2.30. The summed E-state index contributed by atoms with van der Waals surface area (Å²) in [6.07, 6.45) is 3.11. The number of nitrogens with one attached hydrogen (secondary N) is 1. The molecule has 18 heavy (non-hydrogen) atoms. The van der Waals surface area contributed by atoms with Crippen LogP contribution >= 0.6 is 0 Å². The zero-order valence-electron chi connectivity index (χ0n) is 10.5. The maximum Gasteiger partial charge on any atom is 0.308 e. The highest BCUT2D eigenvalue weighted by Gasteiger charge is 2.10. The minimum absolute atomic E-state index is 0.131. The molecule has 1 aromatic rings. The molecule has 1 aromatic carbocycles. The fourth-order valence-electron chi connectivity index (χ4n) is 1.35. The van der Waals surface area contributed by atoms with Gasteiger partial charge in [0.15, 0.2) is 0 Å². The Morgan fingerprint density at radius 3 is 2.78 bits per heavy atom. The largest absolute Gasteiger partial charge is 0.481 e. The van der Waals surface area contributed by atoms with Gasteiger partial charge in [-0.2, -0.15) is 0 Å². The standard InChI is InChI=1S/C14H17NO3/c1-10-4-3-5-12(8-10)6-7-13(16)15-9-11(2)14(17)18/h3-8,11H,9H2,1-2H3,(H,15,16)(H,17,18)/b7-6-/t11-/m0/s1. The maximum absolute atomic E-state index is 11.4. The summed E-state index contributed by atoms with van der Waals surface area (Å²) in [5, 5.41) is 11.2. The van der Waals surface area contributed by atoms with E-state index in [9.17, 15) is 9.59 Å². The van der Waals surface area contributed by atoms with Crippen molar-refractivity contribution < 1.29 is 14.7 Å². The van der Waals surface area contributed by atoms with Gasteiger partial charge in [-0.1, -0.05) is 36.8 Å². The van der Waals surface area contributed by atoms with Crippen LogP contribution in [0.1, 0.15) is 18.1 Å². The predicted molar refractivity (Wildman–Crippen MR) is 70.0 cm³/mol. The van der Waals surface area contributed by atoms with Crippen molar-refractivity contribution in [3.8, 4) is 0 Å². The van der Waals surface area contributed by atoms with Gasteiger partial charge in [0.2, 0.25) is 5.91 Å². The van der Waals surface area contributed by atoms with Crippen LogP contribution in [-0.2, 0) is 9.59 Å². The third kappa shape index (κ3) is 4.82. The highest BCUT2D eigenvalue weighted by atomic mass is 16.4. The molecule has 0 bridgehead atoms. The molecule has 0 radical (unpaired) electrons. The third-order valence-electron chi connectivity index (χ3n) is 2.47. The van der Waals surface area contributed by atoms with Crippen molar-refractivity contribution in [2.24, 2.45) is 5.92 Å². The lowest BCUT2D eigenvalue weighted by Gasteiger charge is -2.05. The van der Waals surface area contributed by atoms with Crippen LogP contribution in [0.3, 0.4) is 0 Å². The lowest BCUT2D eigenvalue weighted by atomic mass is 10.1. The van der Waals surface area contributed by atoms with Gasteiger partial charge in [0.1, 0.15) is 0 Å². The van der Waals surface area contributed by atoms with Crippen LogP contribution in [-0.4, -0.2) is 23.5 Å². The Bertz CT molecular complexity index is 466. The summed E-state index contributed by atoms with van der Waals surface area (Å²) in [4.78, 5) is 22.0. The van der Waals surface area contributed by atoms with Gasteiger partial charge in [-0.25, -0.2) is 0 Å². The molecule has 0 saturated carbocycles. The normalized spacial score (nSPS) is 12.3. The summed E-state index contributed by atoms with van der Waals surface area (Å²) in [6.45, 7) is 3.66. The fraction of sp³-hybridized carbons (Fsp3) is 0.286. The molecule has 96 valence electrons. The van der Waals surface area contributed by atoms with E-state index in [4.69, 9.17) is 5.11 Å². The summed E-state index contributed by atoms with van der Waals surface area (Å²) in [5.74, 6) is -1.79. The van der Waals surface area contributed by atoms with E-state index in [1.54, 1.807) is 13.0 Å². The third-order valence-corrected chi connectivity index (χ3v) is 2.47. The van der Waals surface area contributed by atoms with E-state index in [1.807, 2.05) is 31.2 Å². The molecule has 4 heteroatoms. The average Bonchev–Trinajstić information content (AvgIpc) is 2.33. The quantitative estimate of drug-likeness (QED) is 0.780. The van der Waals surface area contributed by atoms with Gasteiger partial charge in [0.05, 0.1) is 5.92 Å². The lowest BCUT2D eigenvalue weighted by molar-refractivity contribution is -0.141. The van der Waals surface area contributed by atoms with Crippen molar-refractivity contribution in [1.29, 1.82) is 0 Å². The molecule has 0 spiro atoms. The van der Waals surface area contributed by atoms with Crippen molar-refractivity contribution in [1.82, 2.24) is 5.32 Å². The smallest absolute Gasteiger partial charge is 0.308 e. The molecule has 0 aliphatic carbocycles. The molecule has 0 heterocycles. The van der Waals surface area contributed by atoms with E-state index < -0.39 is 11.9 Å². The number of aryl methyl sites for hydroxylation is 1. The van der Waals surface area contributed by atoms with Crippen LogP contribution in [0.5, 0.6) is 0 Å². The number of rotatable bonds is 5. The van der Waals surface area contributed by atoms with Gasteiger partial charge >= 0.3 is 5.97 Å². The Balaban J connectivity index is 2.47. The van der Waals surface area contributed by atoms with E-state index in [-0.39, 0.29) is 12.5 Å². The van der Waals surface area contributed by atoms with Crippen molar-refractivity contribution >= 4 is 18.0 Å². The monoisotopic (exact) mass is 247 g/mol. The van der Waals surface area contributed by atoms with Crippen LogP contribution in [0.4, 0.5) is 0 Å². The van der Waals surface area contributed by atoms with Gasteiger partial charge in [-0.05, 0) is 18.6 Å². The second-order valence-electron chi connectivity index (χ2n) is 4.23. The van der Waals surface area contributed by atoms with Crippen LogP contribution in [0, 0.1) is 12.8 Å². The van der Waals surface area contributed by atoms with Crippen molar-refractivity contribution in [3.63, 3.8) is 0 Å². The second kappa shape index (κ2) is 6.59. The number of carboxylic acid groups (broad SMARTS) is 1. The average molecular weight is 247 g/mol. The first-order chi connectivity index (χ1) is 8.49. The van der Waals surface area contributed by atoms with Gasteiger partial charge in [-0.15, -0.1) is 0 Å². The molecule has 1 amide bonds. The number of hydrogen-bond donors (Lipinski definition) is 2. The van der Waals surface area contributed by atoms with Gasteiger partial charge < -0.3 is 10.4 Å². The van der Waals surface area contributed by atoms with Gasteiger partial charge in [0, 0.05) is 12.6 Å². The minimum Gasteiger partial charge on any atom is -0.481 e. The summed E-state index contributed by atoms with van der Waals surface area (Å²) >= 11 is 0. The molecular weight excluding hydrogens is 230 g/mol. The Labute approximate surface area is 106 Å². The molecule has 0 aliphatic rings. The molecule has 0 fully saturated rings. The van der Waals surface area contributed by atoms with E-state index in [0.29, 0.717) is 0 Å². The highest BCUT2D eigenvalue weighted by molar-refractivity contribution is 5.91. The van der Waals surface area contributed by atoms with Gasteiger partial charge in [-0.3, -0.25) is 9.59 Å². The van der Waals surface area contributed by atoms with Crippen molar-refractivity contribution in [3.05, 3.63) is 41.5 Å².